The molecular formula is C21H21F3N2O4. The van der Waals surface area contributed by atoms with E-state index in [2.05, 4.69) is 5.32 Å². The Labute approximate surface area is 171 Å². The first-order valence-electron chi connectivity index (χ1n) is 9.21. The minimum atomic E-state index is -4.61. The van der Waals surface area contributed by atoms with E-state index >= 15 is 0 Å². The van der Waals surface area contributed by atoms with Crippen molar-refractivity contribution >= 4 is 11.8 Å². The molecule has 0 aliphatic heterocycles. The van der Waals surface area contributed by atoms with Crippen molar-refractivity contribution in [2.24, 2.45) is 11.1 Å². The number of amides is 2. The largest absolute Gasteiger partial charge is 0.497 e. The van der Waals surface area contributed by atoms with Crippen LogP contribution < -0.4 is 20.5 Å². The van der Waals surface area contributed by atoms with Crippen LogP contribution >= 0.6 is 0 Å². The second-order valence-electron chi connectivity index (χ2n) is 7.17. The summed E-state index contributed by atoms with van der Waals surface area (Å²) in [5.74, 6) is -1.15. The molecule has 0 saturated heterocycles. The smallest absolute Gasteiger partial charge is 0.420 e. The van der Waals surface area contributed by atoms with Crippen LogP contribution in [0, 0.1) is 5.41 Å². The lowest BCUT2D eigenvalue weighted by atomic mass is 10.0. The van der Waals surface area contributed by atoms with E-state index in [0.29, 0.717) is 18.4 Å². The lowest BCUT2D eigenvalue weighted by Gasteiger charge is -2.19. The lowest BCUT2D eigenvalue weighted by Crippen LogP contribution is -2.41. The monoisotopic (exact) mass is 422 g/mol. The van der Waals surface area contributed by atoms with Crippen molar-refractivity contribution < 1.29 is 32.2 Å². The molecule has 1 aliphatic rings. The van der Waals surface area contributed by atoms with E-state index in [4.69, 9.17) is 15.2 Å². The summed E-state index contributed by atoms with van der Waals surface area (Å²) in [7, 11) is 1.28. The highest BCUT2D eigenvalue weighted by molar-refractivity contribution is 6.07. The van der Waals surface area contributed by atoms with Gasteiger partial charge in [0.15, 0.2) is 0 Å². The van der Waals surface area contributed by atoms with E-state index in [1.807, 2.05) is 0 Å². The summed E-state index contributed by atoms with van der Waals surface area (Å²) in [6, 6.07) is 9.28. The zero-order valence-electron chi connectivity index (χ0n) is 16.4. The zero-order valence-corrected chi connectivity index (χ0v) is 16.4. The summed E-state index contributed by atoms with van der Waals surface area (Å²) in [6.07, 6.45) is -3.75. The van der Waals surface area contributed by atoms with E-state index in [1.165, 1.54) is 31.4 Å². The van der Waals surface area contributed by atoms with Gasteiger partial charge in [-0.3, -0.25) is 9.59 Å². The number of benzene rings is 2. The van der Waals surface area contributed by atoms with E-state index < -0.39 is 35.0 Å². The van der Waals surface area contributed by atoms with Crippen LogP contribution in [0.25, 0.3) is 0 Å². The van der Waals surface area contributed by atoms with Gasteiger partial charge in [0.05, 0.1) is 13.2 Å². The Morgan fingerprint density at radius 1 is 1.10 bits per heavy atom. The van der Waals surface area contributed by atoms with Crippen molar-refractivity contribution in [1.29, 1.82) is 0 Å². The van der Waals surface area contributed by atoms with Gasteiger partial charge < -0.3 is 20.5 Å². The van der Waals surface area contributed by atoms with E-state index in [-0.39, 0.29) is 17.2 Å². The Hall–Kier alpha value is -3.23. The number of nitrogens with two attached hydrogens (primary N) is 1. The zero-order chi connectivity index (χ0) is 22.1. The standard InChI is InChI=1S/C21H21F3N2O4/c1-12(26-19(28)20(9-10-20)18(25)27)13-3-5-14(6-4-13)30-17-8-7-15(29-2)11-16(17)21(22,23)24/h3-8,11-12H,9-10H2,1-2H3,(H2,25,27)(H,26,28). The third-order valence-electron chi connectivity index (χ3n) is 5.10. The number of nitrogens with one attached hydrogen (secondary N) is 1. The molecule has 0 heterocycles. The molecule has 30 heavy (non-hydrogen) atoms. The van der Waals surface area contributed by atoms with Gasteiger partial charge in [0, 0.05) is 0 Å². The Morgan fingerprint density at radius 2 is 1.70 bits per heavy atom. The average Bonchev–Trinajstić information content (AvgIpc) is 3.50. The molecule has 1 saturated carbocycles. The molecule has 2 amide bonds. The third-order valence-corrected chi connectivity index (χ3v) is 5.10. The summed E-state index contributed by atoms with van der Waals surface area (Å²) >= 11 is 0. The number of carbonyl (C=O) groups excluding carboxylic acids is 2. The molecule has 0 radical (unpaired) electrons. The molecule has 0 spiro atoms. The summed E-state index contributed by atoms with van der Waals surface area (Å²) in [5.41, 5.74) is 3.92. The van der Waals surface area contributed by atoms with E-state index in [9.17, 15) is 22.8 Å². The van der Waals surface area contributed by atoms with Crippen molar-refractivity contribution in [3.05, 3.63) is 53.6 Å². The molecule has 160 valence electrons. The number of halogens is 3. The van der Waals surface area contributed by atoms with Gasteiger partial charge in [-0.05, 0) is 55.7 Å². The number of ether oxygens (including phenoxy) is 2. The SMILES string of the molecule is COc1ccc(Oc2ccc(C(C)NC(=O)C3(C(N)=O)CC3)cc2)c(C(F)(F)F)c1. The molecule has 9 heteroatoms. The molecule has 0 bridgehead atoms. The van der Waals surface area contributed by atoms with Crippen molar-refractivity contribution in [3.63, 3.8) is 0 Å². The molecule has 6 nitrogen and oxygen atoms in total. The van der Waals surface area contributed by atoms with Gasteiger partial charge in [-0.1, -0.05) is 12.1 Å². The Morgan fingerprint density at radius 3 is 2.20 bits per heavy atom. The topological polar surface area (TPSA) is 90.7 Å². The van der Waals surface area contributed by atoms with Gasteiger partial charge in [-0.15, -0.1) is 0 Å². The highest BCUT2D eigenvalue weighted by atomic mass is 19.4. The lowest BCUT2D eigenvalue weighted by molar-refractivity contribution is -0.139. The summed E-state index contributed by atoms with van der Waals surface area (Å²) < 4.78 is 50.2. The van der Waals surface area contributed by atoms with Crippen LogP contribution in [0.3, 0.4) is 0 Å². The highest BCUT2D eigenvalue weighted by Crippen LogP contribution is 2.46. The second kappa shape index (κ2) is 7.89. The Balaban J connectivity index is 1.72. The van der Waals surface area contributed by atoms with Gasteiger partial charge in [-0.2, -0.15) is 13.2 Å². The fraction of sp³-hybridized carbons (Fsp3) is 0.333. The maximum atomic E-state index is 13.3. The van der Waals surface area contributed by atoms with Gasteiger partial charge >= 0.3 is 6.18 Å². The molecule has 1 atom stereocenters. The van der Waals surface area contributed by atoms with Crippen LogP contribution in [0.5, 0.6) is 17.2 Å². The van der Waals surface area contributed by atoms with Crippen LogP contribution in [-0.2, 0) is 15.8 Å². The molecule has 2 aromatic carbocycles. The minimum Gasteiger partial charge on any atom is -0.497 e. The van der Waals surface area contributed by atoms with Gasteiger partial charge in [0.1, 0.15) is 28.2 Å². The molecule has 1 fully saturated rings. The molecule has 3 N–H and O–H groups in total. The van der Waals surface area contributed by atoms with Crippen LogP contribution in [0.15, 0.2) is 42.5 Å². The maximum Gasteiger partial charge on any atom is 0.420 e. The Bertz CT molecular complexity index is 954. The van der Waals surface area contributed by atoms with Crippen LogP contribution in [-0.4, -0.2) is 18.9 Å². The number of hydrogen-bond donors (Lipinski definition) is 2. The highest BCUT2D eigenvalue weighted by Gasteiger charge is 2.55. The first-order chi connectivity index (χ1) is 14.1. The minimum absolute atomic E-state index is 0.0685. The van der Waals surface area contributed by atoms with E-state index in [1.54, 1.807) is 19.1 Å². The maximum absolute atomic E-state index is 13.3. The van der Waals surface area contributed by atoms with Crippen LogP contribution in [0.1, 0.15) is 36.9 Å². The van der Waals surface area contributed by atoms with Gasteiger partial charge in [-0.25, -0.2) is 0 Å². The third kappa shape index (κ3) is 4.34. The number of methoxy groups -OCH3 is 1. The summed E-state index contributed by atoms with van der Waals surface area (Å²) in [4.78, 5) is 23.7. The molecule has 0 aromatic heterocycles. The quantitative estimate of drug-likeness (QED) is 0.661. The number of hydrogen-bond acceptors (Lipinski definition) is 4. The number of carbonyl (C=O) groups is 2. The van der Waals surface area contributed by atoms with E-state index in [0.717, 1.165) is 6.07 Å². The summed E-state index contributed by atoms with van der Waals surface area (Å²) in [5, 5.41) is 2.75. The number of primary amides is 1. The predicted octanol–water partition coefficient (Wildman–Crippen LogP) is 3.95. The van der Waals surface area contributed by atoms with Crippen molar-refractivity contribution in [1.82, 2.24) is 5.32 Å². The van der Waals surface area contributed by atoms with Crippen molar-refractivity contribution in [3.8, 4) is 17.2 Å². The first-order valence-corrected chi connectivity index (χ1v) is 9.21. The second-order valence-corrected chi connectivity index (χ2v) is 7.17. The molecular weight excluding hydrogens is 401 g/mol. The molecule has 2 aromatic rings. The molecule has 3 rings (SSSR count). The number of rotatable bonds is 7. The van der Waals surface area contributed by atoms with Gasteiger partial charge in [0.2, 0.25) is 11.8 Å². The predicted molar refractivity (Wildman–Crippen MR) is 102 cm³/mol. The normalized spacial score (nSPS) is 15.8. The van der Waals surface area contributed by atoms with Crippen LogP contribution in [0.4, 0.5) is 13.2 Å². The summed E-state index contributed by atoms with van der Waals surface area (Å²) in [6.45, 7) is 1.73. The average molecular weight is 422 g/mol. The van der Waals surface area contributed by atoms with Crippen molar-refractivity contribution in [2.75, 3.05) is 7.11 Å². The number of alkyl halides is 3. The Kier molecular flexibility index (Phi) is 5.65. The van der Waals surface area contributed by atoms with Gasteiger partial charge in [0.25, 0.3) is 0 Å². The molecule has 1 unspecified atom stereocenters. The fourth-order valence-electron chi connectivity index (χ4n) is 3.03. The fourth-order valence-corrected chi connectivity index (χ4v) is 3.03. The first kappa shape index (κ1) is 21.5. The molecule has 1 aliphatic carbocycles. The van der Waals surface area contributed by atoms with Crippen molar-refractivity contribution in [2.45, 2.75) is 32.0 Å². The van der Waals surface area contributed by atoms with Crippen LogP contribution in [0.2, 0.25) is 0 Å².